The first-order chi connectivity index (χ1) is 11.2. The summed E-state index contributed by atoms with van der Waals surface area (Å²) in [5.74, 6) is 0.562. The molecule has 2 heteroatoms. The van der Waals surface area contributed by atoms with Gasteiger partial charge in [0.2, 0.25) is 0 Å². The maximum absolute atomic E-state index is 11.5. The lowest BCUT2D eigenvalue weighted by Gasteiger charge is -2.47. The highest BCUT2D eigenvalue weighted by Crippen LogP contribution is 2.47. The molecule has 3 fully saturated rings. The van der Waals surface area contributed by atoms with Crippen LogP contribution in [0.2, 0.25) is 0 Å². The van der Waals surface area contributed by atoms with E-state index in [0.29, 0.717) is 18.0 Å². The molecule has 0 aromatic heterocycles. The van der Waals surface area contributed by atoms with Gasteiger partial charge in [-0.05, 0) is 50.0 Å². The fourth-order valence-electron chi connectivity index (χ4n) is 5.56. The Labute approximate surface area is 140 Å². The Hall–Kier alpha value is -0.860. The van der Waals surface area contributed by atoms with Crippen LogP contribution in [0, 0.1) is 5.92 Å². The third kappa shape index (κ3) is 3.21. The van der Waals surface area contributed by atoms with Gasteiger partial charge in [0.15, 0.2) is 0 Å². The summed E-state index contributed by atoms with van der Waals surface area (Å²) in [6.07, 6.45) is 12.5. The number of rotatable bonds is 3. The Morgan fingerprint density at radius 1 is 0.870 bits per heavy atom. The second-order valence-electron chi connectivity index (χ2n) is 8.24. The molecule has 23 heavy (non-hydrogen) atoms. The second kappa shape index (κ2) is 6.57. The molecule has 0 spiro atoms. The van der Waals surface area contributed by atoms with E-state index in [1.54, 1.807) is 0 Å². The molecule has 0 radical (unpaired) electrons. The minimum atomic E-state index is -0.372. The summed E-state index contributed by atoms with van der Waals surface area (Å²) >= 11 is 0. The summed E-state index contributed by atoms with van der Waals surface area (Å²) in [6.45, 7) is 1.07. The van der Waals surface area contributed by atoms with Crippen molar-refractivity contribution < 1.29 is 5.11 Å². The first kappa shape index (κ1) is 15.7. The highest BCUT2D eigenvalue weighted by molar-refractivity contribution is 5.16. The molecule has 1 aromatic carbocycles. The standard InChI is InChI=1S/C21H31NO/c23-21(18-10-6-1-2-7-11-18)14-19-12-13-20(15-21)22(19)16-17-8-4-3-5-9-17/h3-5,8-9,18-20,23H,1-2,6-7,10-16H2. The molecule has 2 atom stereocenters. The van der Waals surface area contributed by atoms with E-state index in [2.05, 4.69) is 35.2 Å². The van der Waals surface area contributed by atoms with Crippen LogP contribution >= 0.6 is 0 Å². The maximum atomic E-state index is 11.5. The van der Waals surface area contributed by atoms with Gasteiger partial charge >= 0.3 is 0 Å². The van der Waals surface area contributed by atoms with Crippen molar-refractivity contribution in [3.05, 3.63) is 35.9 Å². The highest BCUT2D eigenvalue weighted by atomic mass is 16.3. The van der Waals surface area contributed by atoms with E-state index in [9.17, 15) is 5.11 Å². The van der Waals surface area contributed by atoms with Crippen molar-refractivity contribution in [2.24, 2.45) is 5.92 Å². The van der Waals surface area contributed by atoms with Crippen LogP contribution in [0.3, 0.4) is 0 Å². The summed E-state index contributed by atoms with van der Waals surface area (Å²) in [5, 5.41) is 11.5. The number of aliphatic hydroxyl groups is 1. The molecule has 2 heterocycles. The van der Waals surface area contributed by atoms with Gasteiger partial charge in [0.1, 0.15) is 0 Å². The van der Waals surface area contributed by atoms with E-state index >= 15 is 0 Å². The van der Waals surface area contributed by atoms with Crippen LogP contribution < -0.4 is 0 Å². The van der Waals surface area contributed by atoms with Crippen LogP contribution in [0.5, 0.6) is 0 Å². The van der Waals surface area contributed by atoms with Gasteiger partial charge in [0.05, 0.1) is 5.60 Å². The van der Waals surface area contributed by atoms with Gasteiger partial charge in [-0.2, -0.15) is 0 Å². The predicted octanol–water partition coefficient (Wildman–Crippen LogP) is 4.51. The Morgan fingerprint density at radius 2 is 1.48 bits per heavy atom. The SMILES string of the molecule is OC1(C2CCCCCC2)CC2CCC(C1)N2Cc1ccccc1. The van der Waals surface area contributed by atoms with E-state index in [1.165, 1.54) is 56.9 Å². The van der Waals surface area contributed by atoms with Crippen LogP contribution in [0.25, 0.3) is 0 Å². The second-order valence-corrected chi connectivity index (χ2v) is 8.24. The minimum absolute atomic E-state index is 0.372. The van der Waals surface area contributed by atoms with E-state index in [4.69, 9.17) is 0 Å². The molecule has 3 aliphatic rings. The Kier molecular flexibility index (Phi) is 4.47. The lowest BCUT2D eigenvalue weighted by molar-refractivity contribution is -0.0970. The van der Waals surface area contributed by atoms with Crippen molar-refractivity contribution in [3.63, 3.8) is 0 Å². The molecule has 1 saturated carbocycles. The topological polar surface area (TPSA) is 23.5 Å². The molecule has 0 amide bonds. The third-order valence-corrected chi connectivity index (χ3v) is 6.77. The summed E-state index contributed by atoms with van der Waals surface area (Å²) in [4.78, 5) is 2.69. The van der Waals surface area contributed by atoms with Crippen molar-refractivity contribution in [2.45, 2.75) is 88.4 Å². The Morgan fingerprint density at radius 3 is 2.09 bits per heavy atom. The normalized spacial score (nSPS) is 36.0. The molecule has 1 aromatic rings. The Bertz CT molecular complexity index is 492. The molecule has 2 nitrogen and oxygen atoms in total. The van der Waals surface area contributed by atoms with Gasteiger partial charge < -0.3 is 5.11 Å². The van der Waals surface area contributed by atoms with E-state index < -0.39 is 0 Å². The minimum Gasteiger partial charge on any atom is -0.389 e. The van der Waals surface area contributed by atoms with Crippen molar-refractivity contribution in [1.29, 1.82) is 0 Å². The van der Waals surface area contributed by atoms with E-state index in [0.717, 1.165) is 19.4 Å². The molecule has 4 rings (SSSR count). The number of hydrogen-bond acceptors (Lipinski definition) is 2. The zero-order valence-corrected chi connectivity index (χ0v) is 14.3. The Balaban J connectivity index is 1.46. The average molecular weight is 313 g/mol. The highest BCUT2D eigenvalue weighted by Gasteiger charge is 2.50. The predicted molar refractivity (Wildman–Crippen MR) is 94.2 cm³/mol. The van der Waals surface area contributed by atoms with Crippen LogP contribution in [-0.4, -0.2) is 27.7 Å². The molecule has 1 aliphatic carbocycles. The van der Waals surface area contributed by atoms with Gasteiger partial charge in [0.25, 0.3) is 0 Å². The summed E-state index contributed by atoms with van der Waals surface area (Å²) in [7, 11) is 0. The van der Waals surface area contributed by atoms with Crippen LogP contribution in [-0.2, 0) is 6.54 Å². The first-order valence-electron chi connectivity index (χ1n) is 9.77. The van der Waals surface area contributed by atoms with Gasteiger partial charge in [-0.3, -0.25) is 4.90 Å². The molecule has 2 bridgehead atoms. The lowest BCUT2D eigenvalue weighted by Crippen LogP contribution is -2.53. The monoisotopic (exact) mass is 313 g/mol. The first-order valence-corrected chi connectivity index (χ1v) is 9.77. The zero-order valence-electron chi connectivity index (χ0n) is 14.3. The van der Waals surface area contributed by atoms with Crippen molar-refractivity contribution in [3.8, 4) is 0 Å². The van der Waals surface area contributed by atoms with Gasteiger partial charge in [-0.1, -0.05) is 56.0 Å². The molecule has 126 valence electrons. The fourth-order valence-corrected chi connectivity index (χ4v) is 5.56. The smallest absolute Gasteiger partial charge is 0.0705 e. The number of fused-ring (bicyclic) bond motifs is 2. The average Bonchev–Trinajstić information content (AvgIpc) is 2.80. The van der Waals surface area contributed by atoms with Crippen molar-refractivity contribution in [1.82, 2.24) is 4.90 Å². The molecule has 2 unspecified atom stereocenters. The number of hydrogen-bond donors (Lipinski definition) is 1. The number of piperidine rings is 1. The fraction of sp³-hybridized carbons (Fsp3) is 0.714. The van der Waals surface area contributed by atoms with Crippen LogP contribution in [0.4, 0.5) is 0 Å². The van der Waals surface area contributed by atoms with Gasteiger partial charge in [-0.15, -0.1) is 0 Å². The van der Waals surface area contributed by atoms with E-state index in [1.807, 2.05) is 0 Å². The number of nitrogens with zero attached hydrogens (tertiary/aromatic N) is 1. The quantitative estimate of drug-likeness (QED) is 0.830. The summed E-state index contributed by atoms with van der Waals surface area (Å²) in [5.41, 5.74) is 1.05. The van der Waals surface area contributed by atoms with E-state index in [-0.39, 0.29) is 5.60 Å². The molecular weight excluding hydrogens is 282 g/mol. The summed E-state index contributed by atoms with van der Waals surface area (Å²) < 4.78 is 0. The number of benzene rings is 1. The molecule has 1 N–H and O–H groups in total. The third-order valence-electron chi connectivity index (χ3n) is 6.77. The molecular formula is C21H31NO. The maximum Gasteiger partial charge on any atom is 0.0705 e. The van der Waals surface area contributed by atoms with Gasteiger partial charge in [0, 0.05) is 18.6 Å². The molecule has 2 aliphatic heterocycles. The van der Waals surface area contributed by atoms with Gasteiger partial charge in [-0.25, -0.2) is 0 Å². The zero-order chi connectivity index (χ0) is 15.7. The van der Waals surface area contributed by atoms with Crippen molar-refractivity contribution in [2.75, 3.05) is 0 Å². The lowest BCUT2D eigenvalue weighted by atomic mass is 9.73. The molecule has 2 saturated heterocycles. The van der Waals surface area contributed by atoms with Crippen molar-refractivity contribution >= 4 is 0 Å². The summed E-state index contributed by atoms with van der Waals surface area (Å²) in [6, 6.07) is 12.1. The van der Waals surface area contributed by atoms with Crippen LogP contribution in [0.1, 0.15) is 69.8 Å². The van der Waals surface area contributed by atoms with Crippen LogP contribution in [0.15, 0.2) is 30.3 Å². The largest absolute Gasteiger partial charge is 0.389 e.